The molecule has 2 nitrogen and oxygen atoms in total. The summed E-state index contributed by atoms with van der Waals surface area (Å²) in [5, 5.41) is 0. The van der Waals surface area contributed by atoms with E-state index in [-0.39, 0.29) is 5.41 Å². The van der Waals surface area contributed by atoms with Crippen LogP contribution in [-0.2, 0) is 9.53 Å². The van der Waals surface area contributed by atoms with Crippen molar-refractivity contribution >= 4 is 6.29 Å². The average molecular weight is 156 g/mol. The molecule has 2 heteroatoms. The Labute approximate surface area is 67.9 Å². The highest BCUT2D eigenvalue weighted by atomic mass is 16.5. The molecule has 0 aromatic rings. The second kappa shape index (κ2) is 3.86. The van der Waals surface area contributed by atoms with Crippen molar-refractivity contribution < 1.29 is 9.53 Å². The molecular formula is C9H16O2. The lowest BCUT2D eigenvalue weighted by molar-refractivity contribution is -0.116. The average Bonchev–Trinajstić information content (AvgIpc) is 2.50. The van der Waals surface area contributed by atoms with E-state index in [4.69, 9.17) is 4.74 Å². The summed E-state index contributed by atoms with van der Waals surface area (Å²) in [6.07, 6.45) is 6.61. The van der Waals surface area contributed by atoms with E-state index < -0.39 is 0 Å². The third-order valence-corrected chi connectivity index (χ3v) is 2.65. The Kier molecular flexibility index (Phi) is 3.06. The molecule has 0 unspecified atom stereocenters. The molecule has 0 radical (unpaired) electrons. The molecule has 0 amide bonds. The Morgan fingerprint density at radius 3 is 2.55 bits per heavy atom. The summed E-state index contributed by atoms with van der Waals surface area (Å²) in [5.41, 5.74) is -0.0178. The van der Waals surface area contributed by atoms with Gasteiger partial charge in [0.25, 0.3) is 0 Å². The first kappa shape index (κ1) is 8.72. The van der Waals surface area contributed by atoms with E-state index in [1.165, 1.54) is 12.8 Å². The minimum absolute atomic E-state index is 0.0178. The van der Waals surface area contributed by atoms with Gasteiger partial charge in [0, 0.05) is 19.1 Å². The first-order valence-corrected chi connectivity index (χ1v) is 4.28. The number of ether oxygens (including phenoxy) is 1. The minimum atomic E-state index is -0.0178. The number of carbonyl (C=O) groups is 1. The monoisotopic (exact) mass is 156 g/mol. The molecule has 0 aromatic carbocycles. The fourth-order valence-corrected chi connectivity index (χ4v) is 1.81. The zero-order valence-corrected chi connectivity index (χ0v) is 7.14. The molecule has 0 aromatic heterocycles. The molecule has 0 N–H and O–H groups in total. The van der Waals surface area contributed by atoms with E-state index >= 15 is 0 Å². The fourth-order valence-electron chi connectivity index (χ4n) is 1.81. The number of rotatable bonds is 4. The molecule has 0 heterocycles. The molecule has 0 saturated heterocycles. The second-order valence-electron chi connectivity index (χ2n) is 3.43. The minimum Gasteiger partial charge on any atom is -0.385 e. The van der Waals surface area contributed by atoms with Crippen molar-refractivity contribution in [3.8, 4) is 0 Å². The van der Waals surface area contributed by atoms with Gasteiger partial charge in [-0.1, -0.05) is 12.8 Å². The maximum Gasteiger partial charge on any atom is 0.126 e. The van der Waals surface area contributed by atoms with Crippen LogP contribution in [0.25, 0.3) is 0 Å². The first-order valence-electron chi connectivity index (χ1n) is 4.28. The Bertz CT molecular complexity index is 126. The largest absolute Gasteiger partial charge is 0.385 e. The topological polar surface area (TPSA) is 26.3 Å². The highest BCUT2D eigenvalue weighted by molar-refractivity contribution is 5.59. The van der Waals surface area contributed by atoms with Crippen LogP contribution < -0.4 is 0 Å². The Balaban J connectivity index is 2.39. The molecule has 0 aliphatic heterocycles. The zero-order valence-electron chi connectivity index (χ0n) is 7.14. The van der Waals surface area contributed by atoms with Crippen molar-refractivity contribution in [2.75, 3.05) is 13.7 Å². The van der Waals surface area contributed by atoms with Gasteiger partial charge < -0.3 is 9.53 Å². The molecule has 1 rings (SSSR count). The SMILES string of the molecule is COCCC1(C=O)CCCC1. The van der Waals surface area contributed by atoms with Gasteiger partial charge in [-0.2, -0.15) is 0 Å². The number of methoxy groups -OCH3 is 1. The van der Waals surface area contributed by atoms with Crippen LogP contribution >= 0.6 is 0 Å². The number of hydrogen-bond donors (Lipinski definition) is 0. The lowest BCUT2D eigenvalue weighted by Gasteiger charge is -2.20. The van der Waals surface area contributed by atoms with Crippen molar-refractivity contribution in [1.82, 2.24) is 0 Å². The van der Waals surface area contributed by atoms with Crippen molar-refractivity contribution in [3.63, 3.8) is 0 Å². The van der Waals surface area contributed by atoms with Crippen LogP contribution in [0.1, 0.15) is 32.1 Å². The number of aldehydes is 1. The van der Waals surface area contributed by atoms with E-state index in [1.807, 2.05) is 0 Å². The molecule has 64 valence electrons. The molecule has 1 aliphatic rings. The van der Waals surface area contributed by atoms with Gasteiger partial charge in [0.05, 0.1) is 0 Å². The predicted octanol–water partition coefficient (Wildman–Crippen LogP) is 1.78. The second-order valence-corrected chi connectivity index (χ2v) is 3.43. The third-order valence-electron chi connectivity index (χ3n) is 2.65. The summed E-state index contributed by atoms with van der Waals surface area (Å²) in [6.45, 7) is 0.721. The number of hydrogen-bond acceptors (Lipinski definition) is 2. The summed E-state index contributed by atoms with van der Waals surface area (Å²) in [6, 6.07) is 0. The quantitative estimate of drug-likeness (QED) is 0.580. The van der Waals surface area contributed by atoms with Crippen LogP contribution in [0.2, 0.25) is 0 Å². The Morgan fingerprint density at radius 1 is 1.45 bits per heavy atom. The summed E-state index contributed by atoms with van der Waals surface area (Å²) >= 11 is 0. The third kappa shape index (κ3) is 2.03. The lowest BCUT2D eigenvalue weighted by Crippen LogP contribution is -2.20. The van der Waals surface area contributed by atoms with E-state index in [0.717, 1.165) is 32.2 Å². The normalized spacial score (nSPS) is 21.9. The van der Waals surface area contributed by atoms with E-state index in [0.29, 0.717) is 0 Å². The maximum absolute atomic E-state index is 10.8. The van der Waals surface area contributed by atoms with Gasteiger partial charge in [-0.05, 0) is 19.3 Å². The van der Waals surface area contributed by atoms with Crippen LogP contribution in [0, 0.1) is 5.41 Å². The van der Waals surface area contributed by atoms with Gasteiger partial charge >= 0.3 is 0 Å². The molecule has 0 spiro atoms. The molecule has 11 heavy (non-hydrogen) atoms. The van der Waals surface area contributed by atoms with Gasteiger partial charge in [0.1, 0.15) is 6.29 Å². The predicted molar refractivity (Wildman–Crippen MR) is 43.5 cm³/mol. The summed E-state index contributed by atoms with van der Waals surface area (Å²) in [5.74, 6) is 0. The van der Waals surface area contributed by atoms with Crippen molar-refractivity contribution in [2.24, 2.45) is 5.41 Å². The first-order chi connectivity index (χ1) is 5.33. The van der Waals surface area contributed by atoms with Gasteiger partial charge in [-0.3, -0.25) is 0 Å². The molecule has 1 saturated carbocycles. The smallest absolute Gasteiger partial charge is 0.126 e. The summed E-state index contributed by atoms with van der Waals surface area (Å²) < 4.78 is 4.97. The molecule has 1 fully saturated rings. The lowest BCUT2D eigenvalue weighted by atomic mass is 9.85. The van der Waals surface area contributed by atoms with Crippen LogP contribution in [0.15, 0.2) is 0 Å². The van der Waals surface area contributed by atoms with E-state index in [2.05, 4.69) is 0 Å². The highest BCUT2D eigenvalue weighted by Crippen LogP contribution is 2.38. The van der Waals surface area contributed by atoms with Crippen LogP contribution in [-0.4, -0.2) is 20.0 Å². The zero-order chi connectivity index (χ0) is 8.16. The Morgan fingerprint density at radius 2 is 2.09 bits per heavy atom. The van der Waals surface area contributed by atoms with E-state index in [9.17, 15) is 4.79 Å². The number of carbonyl (C=O) groups excluding carboxylic acids is 1. The van der Waals surface area contributed by atoms with E-state index in [1.54, 1.807) is 7.11 Å². The molecule has 0 atom stereocenters. The highest BCUT2D eigenvalue weighted by Gasteiger charge is 2.32. The summed E-state index contributed by atoms with van der Waals surface area (Å²) in [4.78, 5) is 10.8. The van der Waals surface area contributed by atoms with Gasteiger partial charge in [0.15, 0.2) is 0 Å². The van der Waals surface area contributed by atoms with Crippen LogP contribution in [0.4, 0.5) is 0 Å². The van der Waals surface area contributed by atoms with Crippen molar-refractivity contribution in [1.29, 1.82) is 0 Å². The van der Waals surface area contributed by atoms with Gasteiger partial charge in [-0.25, -0.2) is 0 Å². The van der Waals surface area contributed by atoms with Crippen LogP contribution in [0.5, 0.6) is 0 Å². The standard InChI is InChI=1S/C9H16O2/c1-11-7-6-9(8-10)4-2-3-5-9/h8H,2-7H2,1H3. The van der Waals surface area contributed by atoms with Crippen molar-refractivity contribution in [3.05, 3.63) is 0 Å². The van der Waals surface area contributed by atoms with Gasteiger partial charge in [-0.15, -0.1) is 0 Å². The van der Waals surface area contributed by atoms with Crippen LogP contribution in [0.3, 0.4) is 0 Å². The maximum atomic E-state index is 10.8. The molecule has 1 aliphatic carbocycles. The molecular weight excluding hydrogens is 140 g/mol. The van der Waals surface area contributed by atoms with Gasteiger partial charge in [0.2, 0.25) is 0 Å². The molecule has 0 bridgehead atoms. The van der Waals surface area contributed by atoms with Crippen molar-refractivity contribution in [2.45, 2.75) is 32.1 Å². The summed E-state index contributed by atoms with van der Waals surface area (Å²) in [7, 11) is 1.69. The fraction of sp³-hybridized carbons (Fsp3) is 0.889. The Hall–Kier alpha value is -0.370.